The van der Waals surface area contributed by atoms with Gasteiger partial charge in [-0.3, -0.25) is 13.9 Å². The van der Waals surface area contributed by atoms with Gasteiger partial charge in [0.15, 0.2) is 0 Å². The number of hydrogen-bond acceptors (Lipinski definition) is 5. The maximum atomic E-state index is 13.4. The third kappa shape index (κ3) is 3.45. The minimum Gasteiger partial charge on any atom is -0.463 e. The lowest BCUT2D eigenvalue weighted by atomic mass is 9.80. The van der Waals surface area contributed by atoms with Crippen LogP contribution in [0.5, 0.6) is 0 Å². The maximum absolute atomic E-state index is 13.4. The Bertz CT molecular complexity index is 1350. The fraction of sp³-hybridized carbons (Fsp3) is 0.240. The Morgan fingerprint density at radius 3 is 2.41 bits per heavy atom. The van der Waals surface area contributed by atoms with Gasteiger partial charge < -0.3 is 10.1 Å². The molecule has 1 aromatic heterocycles. The molecule has 1 aliphatic rings. The van der Waals surface area contributed by atoms with Gasteiger partial charge >= 0.3 is 11.7 Å². The summed E-state index contributed by atoms with van der Waals surface area (Å²) in [6, 6.07) is 17.1. The number of anilines is 1. The summed E-state index contributed by atoms with van der Waals surface area (Å²) in [7, 11) is 3.05. The molecular weight excluding hydrogens is 406 g/mol. The van der Waals surface area contributed by atoms with Gasteiger partial charge in [-0.25, -0.2) is 9.59 Å². The first-order valence-corrected chi connectivity index (χ1v) is 10.4. The smallest absolute Gasteiger partial charge is 0.337 e. The van der Waals surface area contributed by atoms with Crippen LogP contribution in [0.3, 0.4) is 0 Å². The number of esters is 1. The lowest BCUT2D eigenvalue weighted by molar-refractivity contribution is -0.138. The Morgan fingerprint density at radius 2 is 1.75 bits per heavy atom. The van der Waals surface area contributed by atoms with Crippen molar-refractivity contribution in [3.8, 4) is 0 Å². The molecule has 0 radical (unpaired) electrons. The Hall–Kier alpha value is -3.87. The molecule has 32 heavy (non-hydrogen) atoms. The van der Waals surface area contributed by atoms with Crippen LogP contribution in [0.15, 0.2) is 69.8 Å². The largest absolute Gasteiger partial charge is 0.463 e. The van der Waals surface area contributed by atoms with Gasteiger partial charge in [-0.2, -0.15) is 0 Å². The van der Waals surface area contributed by atoms with Gasteiger partial charge in [0.2, 0.25) is 0 Å². The van der Waals surface area contributed by atoms with Gasteiger partial charge in [0.25, 0.3) is 5.56 Å². The topological polar surface area (TPSA) is 82.3 Å². The van der Waals surface area contributed by atoms with E-state index in [1.807, 2.05) is 61.5 Å². The molecule has 2 heterocycles. The summed E-state index contributed by atoms with van der Waals surface area (Å²) < 4.78 is 7.92. The average molecular weight is 431 g/mol. The number of nitrogens with zero attached hydrogens (tertiary/aromatic N) is 2. The SMILES string of the molecule is CCOC(=O)C1=C(c2ccccc2)Nc2c(c(=O)n(C)c(=O)n2C)C1c1cccc(C)c1. The van der Waals surface area contributed by atoms with Crippen molar-refractivity contribution >= 4 is 17.5 Å². The summed E-state index contributed by atoms with van der Waals surface area (Å²) in [4.78, 5) is 39.4. The number of benzene rings is 2. The first kappa shape index (κ1) is 21.4. The number of hydrogen-bond donors (Lipinski definition) is 1. The van der Waals surface area contributed by atoms with Gasteiger partial charge in [0.05, 0.1) is 29.4 Å². The van der Waals surface area contributed by atoms with E-state index >= 15 is 0 Å². The predicted octanol–water partition coefficient (Wildman–Crippen LogP) is 2.92. The van der Waals surface area contributed by atoms with E-state index in [0.29, 0.717) is 22.7 Å². The van der Waals surface area contributed by atoms with Crippen LogP contribution >= 0.6 is 0 Å². The third-order valence-electron chi connectivity index (χ3n) is 5.72. The number of rotatable bonds is 4. The first-order chi connectivity index (χ1) is 15.3. The molecule has 1 atom stereocenters. The standard InChI is InChI=1S/C25H25N3O4/c1-5-32-24(30)19-18(17-13-9-10-15(2)14-17)20-22(27(3)25(31)28(4)23(20)29)26-21(19)16-11-7-6-8-12-16/h6-14,18,26H,5H2,1-4H3. The number of carbonyl (C=O) groups is 1. The highest BCUT2D eigenvalue weighted by molar-refractivity contribution is 6.04. The second kappa shape index (κ2) is 8.34. The Morgan fingerprint density at radius 1 is 1.03 bits per heavy atom. The first-order valence-electron chi connectivity index (χ1n) is 10.4. The molecule has 0 fully saturated rings. The molecule has 4 rings (SSSR count). The molecule has 0 amide bonds. The van der Waals surface area contributed by atoms with Crippen molar-refractivity contribution in [1.82, 2.24) is 9.13 Å². The molecule has 1 N–H and O–H groups in total. The molecule has 2 aromatic carbocycles. The summed E-state index contributed by atoms with van der Waals surface area (Å²) in [5.41, 5.74) is 2.83. The zero-order chi connectivity index (χ0) is 23.0. The minimum absolute atomic E-state index is 0.198. The zero-order valence-corrected chi connectivity index (χ0v) is 18.5. The Balaban J connectivity index is 2.14. The van der Waals surface area contributed by atoms with Crippen molar-refractivity contribution in [1.29, 1.82) is 0 Å². The summed E-state index contributed by atoms with van der Waals surface area (Å²) in [6.45, 7) is 3.90. The maximum Gasteiger partial charge on any atom is 0.337 e. The molecule has 3 aromatic rings. The Kier molecular flexibility index (Phi) is 5.57. The number of aryl methyl sites for hydroxylation is 1. The predicted molar refractivity (Wildman–Crippen MR) is 124 cm³/mol. The molecule has 164 valence electrons. The molecule has 0 spiro atoms. The van der Waals surface area contributed by atoms with E-state index < -0.39 is 23.1 Å². The molecule has 1 unspecified atom stereocenters. The van der Waals surface area contributed by atoms with Crippen molar-refractivity contribution in [2.75, 3.05) is 11.9 Å². The molecule has 0 aliphatic carbocycles. The van der Waals surface area contributed by atoms with Crippen molar-refractivity contribution in [2.24, 2.45) is 14.1 Å². The van der Waals surface area contributed by atoms with Crippen LogP contribution in [0.2, 0.25) is 0 Å². The summed E-state index contributed by atoms with van der Waals surface area (Å²) in [5.74, 6) is -0.839. The molecule has 7 nitrogen and oxygen atoms in total. The fourth-order valence-corrected chi connectivity index (χ4v) is 4.20. The molecule has 1 aliphatic heterocycles. The molecule has 0 saturated carbocycles. The van der Waals surface area contributed by atoms with Crippen molar-refractivity contribution < 1.29 is 9.53 Å². The number of fused-ring (bicyclic) bond motifs is 1. The normalized spacial score (nSPS) is 15.2. The summed E-state index contributed by atoms with van der Waals surface area (Å²) in [6.07, 6.45) is 0. The van der Waals surface area contributed by atoms with Gasteiger partial charge in [0.1, 0.15) is 5.82 Å². The van der Waals surface area contributed by atoms with Gasteiger partial charge in [0, 0.05) is 14.1 Å². The highest BCUT2D eigenvalue weighted by Crippen LogP contribution is 2.43. The summed E-state index contributed by atoms with van der Waals surface area (Å²) >= 11 is 0. The zero-order valence-electron chi connectivity index (χ0n) is 18.5. The van der Waals surface area contributed by atoms with E-state index in [-0.39, 0.29) is 6.61 Å². The van der Waals surface area contributed by atoms with E-state index in [4.69, 9.17) is 4.74 Å². The Labute approximate surface area is 185 Å². The van der Waals surface area contributed by atoms with Crippen LogP contribution in [-0.2, 0) is 23.6 Å². The van der Waals surface area contributed by atoms with Crippen LogP contribution < -0.4 is 16.6 Å². The number of nitrogens with one attached hydrogen (secondary N) is 1. The highest BCUT2D eigenvalue weighted by atomic mass is 16.5. The van der Waals surface area contributed by atoms with Gasteiger partial charge in [-0.05, 0) is 25.0 Å². The third-order valence-corrected chi connectivity index (χ3v) is 5.72. The van der Waals surface area contributed by atoms with E-state index in [0.717, 1.165) is 21.3 Å². The highest BCUT2D eigenvalue weighted by Gasteiger charge is 2.38. The van der Waals surface area contributed by atoms with E-state index in [9.17, 15) is 14.4 Å². The number of aromatic nitrogens is 2. The monoisotopic (exact) mass is 431 g/mol. The van der Waals surface area contributed by atoms with Crippen LogP contribution in [0, 0.1) is 6.92 Å². The molecule has 7 heteroatoms. The fourth-order valence-electron chi connectivity index (χ4n) is 4.20. The quantitative estimate of drug-likeness (QED) is 0.643. The van der Waals surface area contributed by atoms with Crippen molar-refractivity contribution in [3.05, 3.63) is 103 Å². The van der Waals surface area contributed by atoms with Crippen LogP contribution in [0.1, 0.15) is 35.1 Å². The molecular formula is C25H25N3O4. The van der Waals surface area contributed by atoms with Crippen LogP contribution in [-0.4, -0.2) is 21.7 Å². The average Bonchev–Trinajstić information content (AvgIpc) is 2.80. The van der Waals surface area contributed by atoms with Gasteiger partial charge in [-0.15, -0.1) is 0 Å². The molecule has 0 bridgehead atoms. The van der Waals surface area contributed by atoms with Crippen molar-refractivity contribution in [3.63, 3.8) is 0 Å². The number of ether oxygens (including phenoxy) is 1. The van der Waals surface area contributed by atoms with E-state index in [2.05, 4.69) is 5.32 Å². The minimum atomic E-state index is -0.703. The van der Waals surface area contributed by atoms with Gasteiger partial charge in [-0.1, -0.05) is 60.2 Å². The molecule has 0 saturated heterocycles. The second-order valence-electron chi connectivity index (χ2n) is 7.82. The summed E-state index contributed by atoms with van der Waals surface area (Å²) in [5, 5.41) is 3.22. The van der Waals surface area contributed by atoms with Crippen LogP contribution in [0.25, 0.3) is 5.70 Å². The lowest BCUT2D eigenvalue weighted by Gasteiger charge is -2.32. The van der Waals surface area contributed by atoms with Crippen molar-refractivity contribution in [2.45, 2.75) is 19.8 Å². The lowest BCUT2D eigenvalue weighted by Crippen LogP contribution is -2.43. The van der Waals surface area contributed by atoms with Crippen LogP contribution in [0.4, 0.5) is 5.82 Å². The van der Waals surface area contributed by atoms with E-state index in [1.165, 1.54) is 11.6 Å². The number of carbonyl (C=O) groups excluding carboxylic acids is 1. The second-order valence-corrected chi connectivity index (χ2v) is 7.82. The van der Waals surface area contributed by atoms with E-state index in [1.54, 1.807) is 14.0 Å².